The van der Waals surface area contributed by atoms with Gasteiger partial charge in [-0.3, -0.25) is 9.59 Å². The molecule has 1 aromatic carbocycles. The van der Waals surface area contributed by atoms with Crippen LogP contribution in [0.25, 0.3) is 0 Å². The average Bonchev–Trinajstić information content (AvgIpc) is 3.10. The minimum Gasteiger partial charge on any atom is -0.493 e. The number of hydrogen-bond acceptors (Lipinski definition) is 6. The van der Waals surface area contributed by atoms with Crippen LogP contribution >= 0.6 is 12.4 Å². The normalized spacial score (nSPS) is 23.9. The number of carbonyl (C=O) groups excluding carboxylic acids is 2. The van der Waals surface area contributed by atoms with E-state index in [-0.39, 0.29) is 48.6 Å². The van der Waals surface area contributed by atoms with Crippen LogP contribution in [0.1, 0.15) is 32.1 Å². The number of nitrogens with zero attached hydrogens (tertiary/aromatic N) is 1. The van der Waals surface area contributed by atoms with Crippen LogP contribution in [0.3, 0.4) is 0 Å². The number of amides is 2. The summed E-state index contributed by atoms with van der Waals surface area (Å²) in [6.45, 7) is 0.329. The van der Waals surface area contributed by atoms with E-state index < -0.39 is 0 Å². The molecule has 8 nitrogen and oxygen atoms in total. The summed E-state index contributed by atoms with van der Waals surface area (Å²) in [4.78, 5) is 26.9. The van der Waals surface area contributed by atoms with Gasteiger partial charge in [-0.2, -0.15) is 0 Å². The molecule has 1 heterocycles. The molecule has 9 heteroatoms. The van der Waals surface area contributed by atoms with Crippen molar-refractivity contribution in [1.29, 1.82) is 0 Å². The number of hydrogen-bond donors (Lipinski definition) is 2. The summed E-state index contributed by atoms with van der Waals surface area (Å²) in [5.41, 5.74) is 6.55. The van der Waals surface area contributed by atoms with E-state index in [9.17, 15) is 9.59 Å². The first-order valence-electron chi connectivity index (χ1n) is 9.63. The molecule has 1 saturated carbocycles. The fourth-order valence-corrected chi connectivity index (χ4v) is 3.94. The smallest absolute Gasteiger partial charge is 0.227 e. The molecule has 1 aliphatic heterocycles. The monoisotopic (exact) mass is 427 g/mol. The van der Waals surface area contributed by atoms with Gasteiger partial charge in [-0.25, -0.2) is 0 Å². The molecule has 3 rings (SSSR count). The minimum atomic E-state index is -0.373. The SMILES string of the molecule is COc1cc(N2CC(C(=O)NC3CCC(N)CC3)CC2=O)cc(OC)c1OC.Cl. The molecular weight excluding hydrogens is 398 g/mol. The van der Waals surface area contributed by atoms with Crippen molar-refractivity contribution in [2.75, 3.05) is 32.8 Å². The van der Waals surface area contributed by atoms with Crippen LogP contribution in [0.4, 0.5) is 5.69 Å². The van der Waals surface area contributed by atoms with Crippen molar-refractivity contribution in [2.24, 2.45) is 11.7 Å². The fourth-order valence-electron chi connectivity index (χ4n) is 3.94. The van der Waals surface area contributed by atoms with E-state index in [1.54, 1.807) is 17.0 Å². The zero-order valence-corrected chi connectivity index (χ0v) is 17.9. The molecule has 1 saturated heterocycles. The van der Waals surface area contributed by atoms with Crippen LogP contribution < -0.4 is 30.2 Å². The molecule has 0 aromatic heterocycles. The second-order valence-corrected chi connectivity index (χ2v) is 7.41. The maximum atomic E-state index is 12.7. The molecule has 1 unspecified atom stereocenters. The van der Waals surface area contributed by atoms with Gasteiger partial charge in [0.25, 0.3) is 0 Å². The van der Waals surface area contributed by atoms with Crippen LogP contribution in [0.5, 0.6) is 17.2 Å². The van der Waals surface area contributed by atoms with Crippen LogP contribution in [-0.4, -0.2) is 51.8 Å². The van der Waals surface area contributed by atoms with Gasteiger partial charge in [-0.1, -0.05) is 0 Å². The summed E-state index contributed by atoms with van der Waals surface area (Å²) < 4.78 is 16.1. The van der Waals surface area contributed by atoms with Gasteiger partial charge in [0.05, 0.1) is 32.9 Å². The Bertz CT molecular complexity index is 712. The summed E-state index contributed by atoms with van der Waals surface area (Å²) in [7, 11) is 4.58. The van der Waals surface area contributed by atoms with Crippen molar-refractivity contribution in [3.63, 3.8) is 0 Å². The Labute approximate surface area is 177 Å². The highest BCUT2D eigenvalue weighted by Gasteiger charge is 2.37. The topological polar surface area (TPSA) is 103 Å². The first-order chi connectivity index (χ1) is 13.5. The van der Waals surface area contributed by atoms with Crippen molar-refractivity contribution >= 4 is 29.9 Å². The van der Waals surface area contributed by atoms with Gasteiger partial charge >= 0.3 is 0 Å². The zero-order chi connectivity index (χ0) is 20.3. The first kappa shape index (κ1) is 23.1. The Morgan fingerprint density at radius 3 is 2.17 bits per heavy atom. The number of methoxy groups -OCH3 is 3. The Morgan fingerprint density at radius 1 is 1.07 bits per heavy atom. The Hall–Kier alpha value is -2.19. The largest absolute Gasteiger partial charge is 0.493 e. The van der Waals surface area contributed by atoms with Gasteiger partial charge in [0.15, 0.2) is 11.5 Å². The molecule has 29 heavy (non-hydrogen) atoms. The average molecular weight is 428 g/mol. The standard InChI is InChI=1S/C20H29N3O5.ClH/c1-26-16-9-15(10-17(27-2)19(16)28-3)23-11-12(8-18(23)24)20(25)22-14-6-4-13(21)5-7-14;/h9-10,12-14H,4-8,11,21H2,1-3H3,(H,22,25);1H. The number of ether oxygens (including phenoxy) is 3. The van der Waals surface area contributed by atoms with Gasteiger partial charge in [-0.15, -0.1) is 12.4 Å². The Morgan fingerprint density at radius 2 is 1.66 bits per heavy atom. The molecule has 0 bridgehead atoms. The predicted octanol–water partition coefficient (Wildman–Crippen LogP) is 1.87. The van der Waals surface area contributed by atoms with E-state index in [1.165, 1.54) is 21.3 Å². The van der Waals surface area contributed by atoms with Crippen molar-refractivity contribution in [2.45, 2.75) is 44.2 Å². The lowest BCUT2D eigenvalue weighted by Crippen LogP contribution is -2.43. The van der Waals surface area contributed by atoms with Gasteiger partial charge in [0.2, 0.25) is 17.6 Å². The van der Waals surface area contributed by atoms with E-state index >= 15 is 0 Å². The Kier molecular flexibility index (Phi) is 7.98. The third-order valence-corrected chi connectivity index (χ3v) is 5.58. The van der Waals surface area contributed by atoms with Crippen molar-refractivity contribution < 1.29 is 23.8 Å². The number of rotatable bonds is 6. The van der Waals surface area contributed by atoms with E-state index in [4.69, 9.17) is 19.9 Å². The van der Waals surface area contributed by atoms with Gasteiger partial charge < -0.3 is 30.2 Å². The number of nitrogens with one attached hydrogen (secondary N) is 1. The molecule has 3 N–H and O–H groups in total. The number of halogens is 1. The number of carbonyl (C=O) groups is 2. The van der Waals surface area contributed by atoms with Crippen molar-refractivity contribution in [3.8, 4) is 17.2 Å². The fraction of sp³-hybridized carbons (Fsp3) is 0.600. The maximum absolute atomic E-state index is 12.7. The van der Waals surface area contributed by atoms with Crippen LogP contribution in [0.2, 0.25) is 0 Å². The maximum Gasteiger partial charge on any atom is 0.227 e. The lowest BCUT2D eigenvalue weighted by molar-refractivity contribution is -0.127. The molecule has 1 aromatic rings. The van der Waals surface area contributed by atoms with Crippen molar-refractivity contribution in [1.82, 2.24) is 5.32 Å². The summed E-state index contributed by atoms with van der Waals surface area (Å²) in [6, 6.07) is 3.83. The van der Waals surface area contributed by atoms with E-state index in [0.717, 1.165) is 25.7 Å². The zero-order valence-electron chi connectivity index (χ0n) is 17.1. The molecule has 2 amide bonds. The van der Waals surface area contributed by atoms with E-state index in [0.29, 0.717) is 29.5 Å². The highest BCUT2D eigenvalue weighted by molar-refractivity contribution is 6.00. The third-order valence-electron chi connectivity index (χ3n) is 5.58. The molecule has 1 aliphatic carbocycles. The van der Waals surface area contributed by atoms with Crippen LogP contribution in [-0.2, 0) is 9.59 Å². The summed E-state index contributed by atoms with van der Waals surface area (Å²) in [5, 5.41) is 3.09. The summed E-state index contributed by atoms with van der Waals surface area (Å²) in [5.74, 6) is 0.864. The number of nitrogens with two attached hydrogens (primary N) is 1. The van der Waals surface area contributed by atoms with Gasteiger partial charge in [0.1, 0.15) is 0 Å². The molecule has 162 valence electrons. The Balaban J connectivity index is 0.00000300. The minimum absolute atomic E-state index is 0. The van der Waals surface area contributed by atoms with Crippen molar-refractivity contribution in [3.05, 3.63) is 12.1 Å². The van der Waals surface area contributed by atoms with E-state index in [1.807, 2.05) is 0 Å². The molecule has 0 spiro atoms. The lowest BCUT2D eigenvalue weighted by Gasteiger charge is -2.27. The highest BCUT2D eigenvalue weighted by atomic mass is 35.5. The molecule has 2 fully saturated rings. The van der Waals surface area contributed by atoms with Crippen LogP contribution in [0.15, 0.2) is 12.1 Å². The highest BCUT2D eigenvalue weighted by Crippen LogP contribution is 2.42. The summed E-state index contributed by atoms with van der Waals surface area (Å²) >= 11 is 0. The second-order valence-electron chi connectivity index (χ2n) is 7.41. The third kappa shape index (κ3) is 5.05. The quantitative estimate of drug-likeness (QED) is 0.718. The van der Waals surface area contributed by atoms with Gasteiger partial charge in [-0.05, 0) is 25.7 Å². The molecule has 0 radical (unpaired) electrons. The van der Waals surface area contributed by atoms with E-state index in [2.05, 4.69) is 5.32 Å². The van der Waals surface area contributed by atoms with Gasteiger partial charge in [0, 0.05) is 37.2 Å². The molecular formula is C20H30ClN3O5. The molecule has 2 aliphatic rings. The summed E-state index contributed by atoms with van der Waals surface area (Å²) in [6.07, 6.45) is 3.82. The molecule has 1 atom stereocenters. The number of anilines is 1. The second kappa shape index (κ2) is 10.0. The van der Waals surface area contributed by atoms with Crippen LogP contribution in [0, 0.1) is 5.92 Å². The predicted molar refractivity (Wildman–Crippen MR) is 112 cm³/mol. The first-order valence-corrected chi connectivity index (χ1v) is 9.63. The number of benzene rings is 1. The lowest BCUT2D eigenvalue weighted by atomic mass is 9.91.